The number of rotatable bonds is 3. The number of halogens is 3. The second-order valence-corrected chi connectivity index (χ2v) is 4.31. The van der Waals surface area contributed by atoms with Crippen molar-refractivity contribution in [3.05, 3.63) is 22.2 Å². The summed E-state index contributed by atoms with van der Waals surface area (Å²) in [6.07, 6.45) is -5.20. The van der Waals surface area contributed by atoms with E-state index in [9.17, 15) is 13.2 Å². The monoisotopic (exact) mass is 250 g/mol. The fourth-order valence-electron chi connectivity index (χ4n) is 1.22. The fraction of sp³-hybridized carbons (Fsp3) is 0.600. The third-order valence-electron chi connectivity index (χ3n) is 2.08. The Kier molecular flexibility index (Phi) is 4.07. The molecule has 0 aliphatic carbocycles. The van der Waals surface area contributed by atoms with Crippen molar-refractivity contribution in [2.24, 2.45) is 0 Å². The summed E-state index contributed by atoms with van der Waals surface area (Å²) in [5.74, 6) is 0.489. The van der Waals surface area contributed by atoms with Crippen LogP contribution in [0.15, 0.2) is 6.07 Å². The van der Waals surface area contributed by atoms with Crippen LogP contribution in [-0.2, 0) is 6.42 Å². The molecule has 0 aliphatic heterocycles. The molecule has 16 heavy (non-hydrogen) atoms. The zero-order valence-corrected chi connectivity index (χ0v) is 9.87. The summed E-state index contributed by atoms with van der Waals surface area (Å²) in [7, 11) is 0. The Bertz CT molecular complexity index is 409. The van der Waals surface area contributed by atoms with Gasteiger partial charge in [-0.1, -0.05) is 26.1 Å². The summed E-state index contributed by atoms with van der Waals surface area (Å²) >= 11 is 4.90. The van der Waals surface area contributed by atoms with Gasteiger partial charge < -0.3 is 4.98 Å². The quantitative estimate of drug-likeness (QED) is 0.827. The number of nitrogens with zero attached hydrogens (tertiary/aromatic N) is 1. The van der Waals surface area contributed by atoms with Gasteiger partial charge in [0.2, 0.25) is 0 Å². The molecule has 0 atom stereocenters. The molecule has 0 radical (unpaired) electrons. The summed E-state index contributed by atoms with van der Waals surface area (Å²) in [6.45, 7) is 3.88. The zero-order chi connectivity index (χ0) is 12.3. The minimum Gasteiger partial charge on any atom is -0.347 e. The highest BCUT2D eigenvalue weighted by Crippen LogP contribution is 2.21. The molecule has 0 unspecified atom stereocenters. The first-order valence-electron chi connectivity index (χ1n) is 4.95. The van der Waals surface area contributed by atoms with E-state index in [2.05, 4.69) is 9.97 Å². The van der Waals surface area contributed by atoms with Crippen molar-refractivity contribution in [3.8, 4) is 0 Å². The first-order valence-corrected chi connectivity index (χ1v) is 5.35. The van der Waals surface area contributed by atoms with E-state index in [0.717, 1.165) is 5.69 Å². The standard InChI is InChI=1S/C10H13F3N2S/c1-6(2)7-5-9(16)15-8(14-7)3-4-10(11,12)13/h5-6H,3-4H2,1-2H3,(H,14,15,16). The van der Waals surface area contributed by atoms with E-state index in [1.54, 1.807) is 6.07 Å². The van der Waals surface area contributed by atoms with Gasteiger partial charge in [-0.25, -0.2) is 4.98 Å². The van der Waals surface area contributed by atoms with Crippen molar-refractivity contribution in [3.63, 3.8) is 0 Å². The van der Waals surface area contributed by atoms with Gasteiger partial charge in [0.05, 0.1) is 6.42 Å². The van der Waals surface area contributed by atoms with Crippen LogP contribution in [0.25, 0.3) is 0 Å². The predicted molar refractivity (Wildman–Crippen MR) is 57.9 cm³/mol. The molecule has 1 aromatic rings. The SMILES string of the molecule is CC(C)c1cc(=S)nc(CCC(F)(F)F)[nH]1. The maximum atomic E-state index is 12.0. The summed E-state index contributed by atoms with van der Waals surface area (Å²) in [4.78, 5) is 6.76. The number of hydrogen-bond acceptors (Lipinski definition) is 2. The van der Waals surface area contributed by atoms with Crippen LogP contribution >= 0.6 is 12.2 Å². The highest BCUT2D eigenvalue weighted by atomic mass is 32.1. The summed E-state index contributed by atoms with van der Waals surface area (Å²) < 4.78 is 36.4. The van der Waals surface area contributed by atoms with Gasteiger partial charge in [-0.05, 0) is 12.0 Å². The molecule has 2 nitrogen and oxygen atoms in total. The van der Waals surface area contributed by atoms with Crippen LogP contribution in [0.4, 0.5) is 13.2 Å². The lowest BCUT2D eigenvalue weighted by Gasteiger charge is -2.09. The number of aryl methyl sites for hydroxylation is 1. The van der Waals surface area contributed by atoms with Crippen molar-refractivity contribution < 1.29 is 13.2 Å². The van der Waals surface area contributed by atoms with Gasteiger partial charge in [0, 0.05) is 12.1 Å². The third kappa shape index (κ3) is 4.30. The summed E-state index contributed by atoms with van der Waals surface area (Å²) in [6, 6.07) is 1.68. The van der Waals surface area contributed by atoms with Crippen molar-refractivity contribution in [1.29, 1.82) is 0 Å². The van der Waals surface area contributed by atoms with Crippen molar-refractivity contribution in [2.75, 3.05) is 0 Å². The third-order valence-corrected chi connectivity index (χ3v) is 2.29. The van der Waals surface area contributed by atoms with Crippen molar-refractivity contribution in [2.45, 2.75) is 38.8 Å². The van der Waals surface area contributed by atoms with E-state index in [1.807, 2.05) is 13.8 Å². The van der Waals surface area contributed by atoms with Crippen LogP contribution in [0, 0.1) is 4.64 Å². The molecule has 0 saturated carbocycles. The molecule has 0 amide bonds. The van der Waals surface area contributed by atoms with Gasteiger partial charge >= 0.3 is 6.18 Å². The van der Waals surface area contributed by atoms with E-state index in [1.165, 1.54) is 0 Å². The van der Waals surface area contributed by atoms with E-state index >= 15 is 0 Å². The average molecular weight is 250 g/mol. The van der Waals surface area contributed by atoms with Gasteiger partial charge in [-0.3, -0.25) is 0 Å². The molecule has 6 heteroatoms. The van der Waals surface area contributed by atoms with Gasteiger partial charge in [-0.15, -0.1) is 0 Å². The number of hydrogen-bond donors (Lipinski definition) is 1. The number of aromatic nitrogens is 2. The molecule has 1 aromatic heterocycles. The molecule has 1 rings (SSSR count). The molecule has 0 saturated heterocycles. The average Bonchev–Trinajstić information content (AvgIpc) is 2.13. The molecule has 90 valence electrons. The topological polar surface area (TPSA) is 28.7 Å². The lowest BCUT2D eigenvalue weighted by Crippen LogP contribution is -2.11. The number of alkyl halides is 3. The van der Waals surface area contributed by atoms with Gasteiger partial charge in [-0.2, -0.15) is 13.2 Å². The van der Waals surface area contributed by atoms with Crippen LogP contribution in [0.3, 0.4) is 0 Å². The smallest absolute Gasteiger partial charge is 0.347 e. The Balaban J connectivity index is 2.85. The van der Waals surface area contributed by atoms with Crippen LogP contribution in [-0.4, -0.2) is 16.1 Å². The Labute approximate surface area is 96.9 Å². The fourth-order valence-corrected chi connectivity index (χ4v) is 1.46. The molecule has 1 N–H and O–H groups in total. The molecule has 0 aliphatic rings. The van der Waals surface area contributed by atoms with E-state index in [-0.39, 0.29) is 12.3 Å². The minimum absolute atomic E-state index is 0.159. The largest absolute Gasteiger partial charge is 0.389 e. The zero-order valence-electron chi connectivity index (χ0n) is 9.06. The first-order chi connectivity index (χ1) is 7.28. The predicted octanol–water partition coefficient (Wildman–Crippen LogP) is 3.76. The Hall–Kier alpha value is -0.910. The second kappa shape index (κ2) is 4.95. The molecule has 0 aromatic carbocycles. The van der Waals surface area contributed by atoms with Gasteiger partial charge in [0.15, 0.2) is 0 Å². The highest BCUT2D eigenvalue weighted by Gasteiger charge is 2.26. The van der Waals surface area contributed by atoms with Crippen LogP contribution in [0.1, 0.15) is 37.7 Å². The number of nitrogens with one attached hydrogen (secondary N) is 1. The van der Waals surface area contributed by atoms with Gasteiger partial charge in [0.25, 0.3) is 0 Å². The molecule has 0 bridgehead atoms. The van der Waals surface area contributed by atoms with E-state index < -0.39 is 12.6 Å². The molecule has 0 spiro atoms. The maximum absolute atomic E-state index is 12.0. The second-order valence-electron chi connectivity index (χ2n) is 3.89. The molecular formula is C10H13F3N2S. The highest BCUT2D eigenvalue weighted by molar-refractivity contribution is 7.71. The Morgan fingerprint density at radius 2 is 2.06 bits per heavy atom. The van der Waals surface area contributed by atoms with Crippen molar-refractivity contribution >= 4 is 12.2 Å². The molecular weight excluding hydrogens is 237 g/mol. The lowest BCUT2D eigenvalue weighted by atomic mass is 10.1. The van der Waals surface area contributed by atoms with Crippen LogP contribution in [0.2, 0.25) is 0 Å². The number of aromatic amines is 1. The summed E-state index contributed by atoms with van der Waals surface area (Å²) in [5, 5.41) is 0. The molecule has 0 fully saturated rings. The number of H-pyrrole nitrogens is 1. The molecule has 1 heterocycles. The summed E-state index contributed by atoms with van der Waals surface area (Å²) in [5.41, 5.74) is 0.817. The van der Waals surface area contributed by atoms with Crippen molar-refractivity contribution in [1.82, 2.24) is 9.97 Å². The Morgan fingerprint density at radius 3 is 2.56 bits per heavy atom. The van der Waals surface area contributed by atoms with E-state index in [4.69, 9.17) is 12.2 Å². The van der Waals surface area contributed by atoms with E-state index in [0.29, 0.717) is 10.5 Å². The van der Waals surface area contributed by atoms with Crippen LogP contribution < -0.4 is 0 Å². The minimum atomic E-state index is -4.16. The Morgan fingerprint density at radius 1 is 1.44 bits per heavy atom. The van der Waals surface area contributed by atoms with Gasteiger partial charge in [0.1, 0.15) is 10.5 Å². The maximum Gasteiger partial charge on any atom is 0.389 e. The first kappa shape index (κ1) is 13.2. The van der Waals surface area contributed by atoms with Crippen LogP contribution in [0.5, 0.6) is 0 Å². The normalized spacial score (nSPS) is 12.1. The lowest BCUT2D eigenvalue weighted by molar-refractivity contribution is -0.134.